The van der Waals surface area contributed by atoms with E-state index in [1.807, 2.05) is 13.0 Å². The van der Waals surface area contributed by atoms with Crippen molar-refractivity contribution in [3.05, 3.63) is 74.0 Å². The van der Waals surface area contributed by atoms with Gasteiger partial charge in [-0.2, -0.15) is 0 Å². The van der Waals surface area contributed by atoms with Crippen LogP contribution in [0.25, 0.3) is 10.9 Å². The summed E-state index contributed by atoms with van der Waals surface area (Å²) in [6.45, 7) is 2.38. The van der Waals surface area contributed by atoms with Crippen LogP contribution in [0.4, 0.5) is 0 Å². The van der Waals surface area contributed by atoms with Crippen LogP contribution >= 0.6 is 11.6 Å². The highest BCUT2D eigenvalue weighted by molar-refractivity contribution is 6.30. The van der Waals surface area contributed by atoms with Crippen molar-refractivity contribution in [2.24, 2.45) is 0 Å². The summed E-state index contributed by atoms with van der Waals surface area (Å²) in [7, 11) is 0. The van der Waals surface area contributed by atoms with Crippen molar-refractivity contribution in [1.82, 2.24) is 4.57 Å². The molecule has 0 fully saturated rings. The van der Waals surface area contributed by atoms with E-state index >= 15 is 0 Å². The van der Waals surface area contributed by atoms with E-state index < -0.39 is 11.4 Å². The second-order valence-corrected chi connectivity index (χ2v) is 5.52. The molecule has 3 rings (SSSR count). The number of nitrogens with zero attached hydrogens (tertiary/aromatic N) is 1. The van der Waals surface area contributed by atoms with Crippen LogP contribution in [0, 0.1) is 6.92 Å². The zero-order chi connectivity index (χ0) is 16.4. The minimum Gasteiger partial charge on any atom is -0.492 e. The number of para-hydroxylation sites is 1. The maximum absolute atomic E-state index is 12.0. The molecule has 0 saturated carbocycles. The Morgan fingerprint density at radius 2 is 1.87 bits per heavy atom. The quantitative estimate of drug-likeness (QED) is 0.737. The molecule has 6 heteroatoms. The lowest BCUT2D eigenvalue weighted by Gasteiger charge is -2.11. The Labute approximate surface area is 136 Å². The molecule has 23 heavy (non-hydrogen) atoms. The number of fused-ring (bicyclic) bond motifs is 1. The van der Waals surface area contributed by atoms with E-state index in [1.54, 1.807) is 36.4 Å². The molecule has 0 aliphatic heterocycles. The van der Waals surface area contributed by atoms with Crippen molar-refractivity contribution in [2.45, 2.75) is 13.5 Å². The molecule has 1 aromatic heterocycles. The van der Waals surface area contributed by atoms with Gasteiger partial charge >= 0.3 is 11.4 Å². The largest absolute Gasteiger partial charge is 0.492 e. The minimum absolute atomic E-state index is 0.263. The van der Waals surface area contributed by atoms with E-state index in [0.29, 0.717) is 21.7 Å². The Balaban J connectivity index is 1.89. The van der Waals surface area contributed by atoms with E-state index in [0.717, 1.165) is 5.56 Å². The van der Waals surface area contributed by atoms with Gasteiger partial charge in [-0.25, -0.2) is 9.59 Å². The Bertz CT molecular complexity index is 957. The third kappa shape index (κ3) is 3.14. The number of benzene rings is 2. The number of hydrogen-bond acceptors (Lipinski definition) is 4. The van der Waals surface area contributed by atoms with Gasteiger partial charge in [-0.3, -0.25) is 4.57 Å². The van der Waals surface area contributed by atoms with Crippen molar-refractivity contribution in [3.63, 3.8) is 0 Å². The van der Waals surface area contributed by atoms with Crippen molar-refractivity contribution in [2.75, 3.05) is 6.61 Å². The lowest BCUT2D eigenvalue weighted by atomic mass is 10.1. The molecule has 0 aliphatic rings. The Kier molecular flexibility index (Phi) is 4.21. The van der Waals surface area contributed by atoms with E-state index in [-0.39, 0.29) is 13.2 Å². The highest BCUT2D eigenvalue weighted by Crippen LogP contribution is 2.16. The lowest BCUT2D eigenvalue weighted by molar-refractivity contribution is 0.287. The summed E-state index contributed by atoms with van der Waals surface area (Å²) in [6, 6.07) is 12.2. The summed E-state index contributed by atoms with van der Waals surface area (Å²) in [5.74, 6) is -0.0302. The average Bonchev–Trinajstić information content (AvgIpc) is 2.53. The van der Waals surface area contributed by atoms with Crippen LogP contribution in [-0.4, -0.2) is 11.2 Å². The van der Waals surface area contributed by atoms with E-state index in [2.05, 4.69) is 0 Å². The van der Waals surface area contributed by atoms with Crippen LogP contribution in [0.3, 0.4) is 0 Å². The molecule has 0 N–H and O–H groups in total. The minimum atomic E-state index is -0.684. The van der Waals surface area contributed by atoms with Gasteiger partial charge in [0.2, 0.25) is 0 Å². The zero-order valence-corrected chi connectivity index (χ0v) is 13.2. The maximum atomic E-state index is 12.0. The molecule has 0 atom stereocenters. The van der Waals surface area contributed by atoms with E-state index in [1.165, 1.54) is 4.57 Å². The number of rotatable bonds is 4. The fraction of sp³-hybridized carbons (Fsp3) is 0.176. The predicted molar refractivity (Wildman–Crippen MR) is 88.4 cm³/mol. The van der Waals surface area contributed by atoms with Gasteiger partial charge in [-0.05, 0) is 42.8 Å². The summed E-state index contributed by atoms with van der Waals surface area (Å²) >= 11 is 5.82. The molecule has 0 saturated heterocycles. The first-order valence-corrected chi connectivity index (χ1v) is 7.46. The molecule has 0 spiro atoms. The molecule has 0 amide bonds. The highest BCUT2D eigenvalue weighted by Gasteiger charge is 2.11. The van der Waals surface area contributed by atoms with Crippen LogP contribution in [0.2, 0.25) is 5.02 Å². The second-order valence-electron chi connectivity index (χ2n) is 5.08. The van der Waals surface area contributed by atoms with Gasteiger partial charge in [0.25, 0.3) is 0 Å². The molecule has 5 nitrogen and oxygen atoms in total. The summed E-state index contributed by atoms with van der Waals surface area (Å²) in [6.07, 6.45) is 0. The van der Waals surface area contributed by atoms with Crippen LogP contribution in [-0.2, 0) is 6.54 Å². The number of aromatic nitrogens is 1. The molecule has 0 radical (unpaired) electrons. The van der Waals surface area contributed by atoms with E-state index in [9.17, 15) is 9.59 Å². The summed E-state index contributed by atoms with van der Waals surface area (Å²) in [4.78, 5) is 23.8. The highest BCUT2D eigenvalue weighted by atomic mass is 35.5. The molecule has 2 aromatic carbocycles. The monoisotopic (exact) mass is 331 g/mol. The topological polar surface area (TPSA) is 61.4 Å². The standard InChI is InChI=1S/C17H14ClNO4/c1-11-3-2-4-14-15(11)19(17(21)23-16(14)20)9-10-22-13-7-5-12(18)6-8-13/h2-8H,9-10H2,1H3. The first-order chi connectivity index (χ1) is 11.1. The van der Waals surface area contributed by atoms with Gasteiger partial charge in [-0.15, -0.1) is 0 Å². The van der Waals surface area contributed by atoms with Crippen LogP contribution in [0.5, 0.6) is 5.75 Å². The third-order valence-electron chi connectivity index (χ3n) is 3.53. The van der Waals surface area contributed by atoms with E-state index in [4.69, 9.17) is 20.8 Å². The Morgan fingerprint density at radius 1 is 1.13 bits per heavy atom. The number of halogens is 1. The fourth-order valence-corrected chi connectivity index (χ4v) is 2.58. The third-order valence-corrected chi connectivity index (χ3v) is 3.78. The number of hydrogen-bond donors (Lipinski definition) is 0. The van der Waals surface area contributed by atoms with Gasteiger partial charge in [0.1, 0.15) is 12.4 Å². The van der Waals surface area contributed by atoms with Gasteiger partial charge in [-0.1, -0.05) is 23.7 Å². The molecule has 1 heterocycles. The van der Waals surface area contributed by atoms with Gasteiger partial charge < -0.3 is 9.15 Å². The molecule has 3 aromatic rings. The first-order valence-electron chi connectivity index (χ1n) is 7.08. The number of aryl methyl sites for hydroxylation is 1. The molecular formula is C17H14ClNO4. The summed E-state index contributed by atoms with van der Waals surface area (Å²) < 4.78 is 11.8. The maximum Gasteiger partial charge on any atom is 0.422 e. The number of ether oxygens (including phenoxy) is 1. The van der Waals surface area contributed by atoms with Gasteiger partial charge in [0, 0.05) is 5.02 Å². The molecule has 0 bridgehead atoms. The van der Waals surface area contributed by atoms with Crippen LogP contribution in [0.1, 0.15) is 5.56 Å². The van der Waals surface area contributed by atoms with Gasteiger partial charge in [0.15, 0.2) is 0 Å². The molecule has 118 valence electrons. The SMILES string of the molecule is Cc1cccc2c(=O)oc(=O)n(CCOc3ccc(Cl)cc3)c12. The van der Waals surface area contributed by atoms with Crippen LogP contribution in [0.15, 0.2) is 56.5 Å². The van der Waals surface area contributed by atoms with Gasteiger partial charge in [0.05, 0.1) is 17.4 Å². The molecule has 0 unspecified atom stereocenters. The normalized spacial score (nSPS) is 10.9. The lowest BCUT2D eigenvalue weighted by Crippen LogP contribution is -2.27. The Morgan fingerprint density at radius 3 is 2.61 bits per heavy atom. The molecule has 0 aliphatic carbocycles. The predicted octanol–water partition coefficient (Wildman–Crippen LogP) is 3.00. The second kappa shape index (κ2) is 6.30. The van der Waals surface area contributed by atoms with Crippen molar-refractivity contribution >= 4 is 22.5 Å². The van der Waals surface area contributed by atoms with Crippen molar-refractivity contribution in [1.29, 1.82) is 0 Å². The van der Waals surface area contributed by atoms with Crippen LogP contribution < -0.4 is 16.1 Å². The Hall–Kier alpha value is -2.53. The fourth-order valence-electron chi connectivity index (χ4n) is 2.45. The van der Waals surface area contributed by atoms with Crippen molar-refractivity contribution in [3.8, 4) is 5.75 Å². The molecular weight excluding hydrogens is 318 g/mol. The smallest absolute Gasteiger partial charge is 0.422 e. The average molecular weight is 332 g/mol. The zero-order valence-electron chi connectivity index (χ0n) is 12.4. The van der Waals surface area contributed by atoms with Crippen molar-refractivity contribution < 1.29 is 9.15 Å². The first kappa shape index (κ1) is 15.4. The summed E-state index contributed by atoms with van der Waals surface area (Å²) in [5, 5.41) is 1.01. The summed E-state index contributed by atoms with van der Waals surface area (Å²) in [5.41, 5.74) is 0.788.